The lowest BCUT2D eigenvalue weighted by atomic mass is 10.0. The van der Waals surface area contributed by atoms with E-state index >= 15 is 0 Å². The second-order valence-corrected chi connectivity index (χ2v) is 7.81. The highest BCUT2D eigenvalue weighted by Crippen LogP contribution is 2.26. The highest BCUT2D eigenvalue weighted by atomic mass is 32.1. The summed E-state index contributed by atoms with van der Waals surface area (Å²) in [6.07, 6.45) is 0. The molecule has 2 aromatic heterocycles. The lowest BCUT2D eigenvalue weighted by Crippen LogP contribution is -2.34. The quantitative estimate of drug-likeness (QED) is 0.503. The third kappa shape index (κ3) is 4.29. The predicted octanol–water partition coefficient (Wildman–Crippen LogP) is 4.40. The fraction of sp³-hybridized carbons (Fsp3) is 0.0870. The molecule has 1 atom stereocenters. The molecular formula is C23H17F2N3O2S. The molecule has 1 amide bonds. The first-order valence-corrected chi connectivity index (χ1v) is 10.3. The van der Waals surface area contributed by atoms with Crippen molar-refractivity contribution < 1.29 is 13.6 Å². The summed E-state index contributed by atoms with van der Waals surface area (Å²) in [5.74, 6) is -1.64. The fourth-order valence-electron chi connectivity index (χ4n) is 3.20. The molecular weight excluding hydrogens is 420 g/mol. The summed E-state index contributed by atoms with van der Waals surface area (Å²) in [6.45, 7) is 1.61. The summed E-state index contributed by atoms with van der Waals surface area (Å²) in [5.41, 5.74) is 0.227. The number of thiophene rings is 1. The average Bonchev–Trinajstić information content (AvgIpc) is 3.28. The Morgan fingerprint density at radius 2 is 1.81 bits per heavy atom. The number of rotatable bonds is 5. The molecule has 1 unspecified atom stereocenters. The lowest BCUT2D eigenvalue weighted by Gasteiger charge is -2.18. The maximum atomic E-state index is 14.3. The van der Waals surface area contributed by atoms with E-state index in [1.165, 1.54) is 46.4 Å². The van der Waals surface area contributed by atoms with E-state index in [0.29, 0.717) is 11.3 Å². The third-order valence-corrected chi connectivity index (χ3v) is 5.65. The van der Waals surface area contributed by atoms with Gasteiger partial charge in [0, 0.05) is 16.6 Å². The summed E-state index contributed by atoms with van der Waals surface area (Å²) >= 11 is 1.41. The van der Waals surface area contributed by atoms with E-state index in [0.717, 1.165) is 4.88 Å². The minimum Gasteiger partial charge on any atom is -0.339 e. The molecule has 8 heteroatoms. The van der Waals surface area contributed by atoms with Gasteiger partial charge in [-0.15, -0.1) is 11.3 Å². The van der Waals surface area contributed by atoms with Gasteiger partial charge in [0.2, 0.25) is 5.43 Å². The molecule has 31 heavy (non-hydrogen) atoms. The van der Waals surface area contributed by atoms with Gasteiger partial charge in [-0.1, -0.05) is 30.3 Å². The van der Waals surface area contributed by atoms with Crippen molar-refractivity contribution in [2.75, 3.05) is 0 Å². The van der Waals surface area contributed by atoms with Crippen molar-refractivity contribution in [3.8, 4) is 5.69 Å². The Hall–Kier alpha value is -3.65. The summed E-state index contributed by atoms with van der Waals surface area (Å²) in [4.78, 5) is 26.4. The maximum absolute atomic E-state index is 14.3. The molecule has 4 aromatic rings. The summed E-state index contributed by atoms with van der Waals surface area (Å²) in [6, 6.07) is 16.0. The van der Waals surface area contributed by atoms with Gasteiger partial charge < -0.3 is 5.32 Å². The zero-order valence-electron chi connectivity index (χ0n) is 16.4. The van der Waals surface area contributed by atoms with Crippen LogP contribution in [-0.2, 0) is 0 Å². The molecule has 0 fully saturated rings. The van der Waals surface area contributed by atoms with Crippen LogP contribution < -0.4 is 10.7 Å². The van der Waals surface area contributed by atoms with Crippen LogP contribution >= 0.6 is 11.3 Å². The molecule has 0 aliphatic heterocycles. The van der Waals surface area contributed by atoms with Crippen LogP contribution in [0.4, 0.5) is 8.78 Å². The summed E-state index contributed by atoms with van der Waals surface area (Å²) in [5, 5.41) is 8.80. The van der Waals surface area contributed by atoms with Crippen LogP contribution in [0.5, 0.6) is 0 Å². The molecule has 2 aromatic carbocycles. The highest BCUT2D eigenvalue weighted by molar-refractivity contribution is 7.10. The zero-order valence-corrected chi connectivity index (χ0v) is 17.2. The van der Waals surface area contributed by atoms with Gasteiger partial charge in [-0.05, 0) is 48.2 Å². The predicted molar refractivity (Wildman–Crippen MR) is 115 cm³/mol. The smallest absolute Gasteiger partial charge is 0.276 e. The topological polar surface area (TPSA) is 64.0 Å². The fourth-order valence-corrected chi connectivity index (χ4v) is 4.00. The van der Waals surface area contributed by atoms with Crippen LogP contribution in [0, 0.1) is 18.6 Å². The first-order chi connectivity index (χ1) is 14.9. The molecule has 1 N–H and O–H groups in total. The van der Waals surface area contributed by atoms with Crippen molar-refractivity contribution in [1.82, 2.24) is 15.1 Å². The second kappa shape index (κ2) is 8.61. The number of carbonyl (C=O) groups excluding carboxylic acids is 1. The second-order valence-electron chi connectivity index (χ2n) is 6.84. The van der Waals surface area contributed by atoms with Gasteiger partial charge in [0.25, 0.3) is 5.91 Å². The number of para-hydroxylation sites is 1. The molecule has 156 valence electrons. The molecule has 0 aliphatic carbocycles. The van der Waals surface area contributed by atoms with Crippen LogP contribution in [0.25, 0.3) is 5.69 Å². The number of halogens is 2. The van der Waals surface area contributed by atoms with E-state index in [2.05, 4.69) is 10.4 Å². The van der Waals surface area contributed by atoms with Gasteiger partial charge in [-0.2, -0.15) is 5.10 Å². The van der Waals surface area contributed by atoms with E-state index in [1.807, 2.05) is 17.5 Å². The van der Waals surface area contributed by atoms with Crippen molar-refractivity contribution in [3.63, 3.8) is 0 Å². The van der Waals surface area contributed by atoms with E-state index in [4.69, 9.17) is 0 Å². The number of amides is 1. The van der Waals surface area contributed by atoms with Crippen LogP contribution in [0.1, 0.15) is 32.7 Å². The first-order valence-electron chi connectivity index (χ1n) is 9.39. The molecule has 4 rings (SSSR count). The molecule has 0 saturated carbocycles. The van der Waals surface area contributed by atoms with E-state index in [1.54, 1.807) is 31.2 Å². The Labute approximate surface area is 180 Å². The standard InChI is InChI=1S/C23H17F2N3O2S/c1-14-13-19(29)22(27-28(14)18-6-3-2-5-17(18)25)23(30)26-21(20-7-4-12-31-20)15-8-10-16(24)11-9-15/h2-13,21H,1H3,(H,26,30). The minimum absolute atomic E-state index is 0.127. The number of aryl methyl sites for hydroxylation is 1. The van der Waals surface area contributed by atoms with Gasteiger partial charge in [0.05, 0.1) is 6.04 Å². The van der Waals surface area contributed by atoms with Crippen molar-refractivity contribution in [2.45, 2.75) is 13.0 Å². The lowest BCUT2D eigenvalue weighted by molar-refractivity contribution is 0.0935. The maximum Gasteiger partial charge on any atom is 0.276 e. The number of aromatic nitrogens is 2. The Bertz CT molecular complexity index is 1290. The molecule has 0 radical (unpaired) electrons. The molecule has 0 aliphatic rings. The first kappa shape index (κ1) is 20.6. The Balaban J connectivity index is 1.73. The normalized spacial score (nSPS) is 11.8. The van der Waals surface area contributed by atoms with E-state index in [9.17, 15) is 18.4 Å². The van der Waals surface area contributed by atoms with Crippen molar-refractivity contribution >= 4 is 17.2 Å². The van der Waals surface area contributed by atoms with Gasteiger partial charge in [0.1, 0.15) is 17.3 Å². The van der Waals surface area contributed by atoms with Crippen LogP contribution in [0.3, 0.4) is 0 Å². The molecule has 0 bridgehead atoms. The van der Waals surface area contributed by atoms with Gasteiger partial charge in [0.15, 0.2) is 5.69 Å². The average molecular weight is 437 g/mol. The van der Waals surface area contributed by atoms with E-state index in [-0.39, 0.29) is 11.4 Å². The largest absolute Gasteiger partial charge is 0.339 e. The van der Waals surface area contributed by atoms with Gasteiger partial charge >= 0.3 is 0 Å². The Morgan fingerprint density at radius 3 is 2.48 bits per heavy atom. The van der Waals surface area contributed by atoms with Crippen molar-refractivity contribution in [1.29, 1.82) is 0 Å². The number of benzene rings is 2. The molecule has 5 nitrogen and oxygen atoms in total. The van der Waals surface area contributed by atoms with Crippen molar-refractivity contribution in [2.24, 2.45) is 0 Å². The summed E-state index contributed by atoms with van der Waals surface area (Å²) in [7, 11) is 0. The number of nitrogens with one attached hydrogen (secondary N) is 1. The number of hydrogen-bond donors (Lipinski definition) is 1. The molecule has 0 saturated heterocycles. The summed E-state index contributed by atoms with van der Waals surface area (Å²) < 4.78 is 28.9. The number of carbonyl (C=O) groups is 1. The monoisotopic (exact) mass is 437 g/mol. The van der Waals surface area contributed by atoms with Crippen LogP contribution in [0.2, 0.25) is 0 Å². The van der Waals surface area contributed by atoms with Crippen LogP contribution in [-0.4, -0.2) is 15.7 Å². The number of nitrogens with zero attached hydrogens (tertiary/aromatic N) is 2. The zero-order chi connectivity index (χ0) is 22.0. The van der Waals surface area contributed by atoms with E-state index < -0.39 is 29.0 Å². The Kier molecular flexibility index (Phi) is 5.73. The highest BCUT2D eigenvalue weighted by Gasteiger charge is 2.23. The molecule has 0 spiro atoms. The third-order valence-electron chi connectivity index (χ3n) is 4.71. The van der Waals surface area contributed by atoms with Gasteiger partial charge in [-0.3, -0.25) is 9.59 Å². The van der Waals surface area contributed by atoms with Crippen LogP contribution in [0.15, 0.2) is 76.9 Å². The molecule has 2 heterocycles. The number of hydrogen-bond acceptors (Lipinski definition) is 4. The van der Waals surface area contributed by atoms with Crippen molar-refractivity contribution in [3.05, 3.63) is 116 Å². The SMILES string of the molecule is Cc1cc(=O)c(C(=O)NC(c2ccc(F)cc2)c2cccs2)nn1-c1ccccc1F. The van der Waals surface area contributed by atoms with Gasteiger partial charge in [-0.25, -0.2) is 13.5 Å². The Morgan fingerprint density at radius 1 is 1.06 bits per heavy atom. The minimum atomic E-state index is -0.710.